The smallest absolute Gasteiger partial charge is 0.336 e. The van der Waals surface area contributed by atoms with Crippen molar-refractivity contribution in [2.45, 2.75) is 204 Å². The zero-order chi connectivity index (χ0) is 32.8. The van der Waals surface area contributed by atoms with Crippen molar-refractivity contribution in [3.05, 3.63) is 11.6 Å². The van der Waals surface area contributed by atoms with Gasteiger partial charge in [-0.2, -0.15) is 0 Å². The highest BCUT2D eigenvalue weighted by Gasteiger charge is 2.34. The maximum Gasteiger partial charge on any atom is 0.336 e. The molecular weight excluding hydrogens is 564 g/mol. The first kappa shape index (κ1) is 41.0. The van der Waals surface area contributed by atoms with Gasteiger partial charge in [-0.05, 0) is 51.0 Å². The fourth-order valence-corrected chi connectivity index (χ4v) is 5.93. The third-order valence-corrected chi connectivity index (χ3v) is 8.82. The van der Waals surface area contributed by atoms with E-state index in [1.807, 2.05) is 0 Å². The summed E-state index contributed by atoms with van der Waals surface area (Å²) in [6.07, 6.45) is 16.1. The first-order valence-corrected chi connectivity index (χ1v) is 17.7. The Kier molecular flexibility index (Phi) is 22.5. The van der Waals surface area contributed by atoms with E-state index in [9.17, 15) is 40.5 Å². The third-order valence-electron chi connectivity index (χ3n) is 8.82. The van der Waals surface area contributed by atoms with Gasteiger partial charge in [0.1, 0.15) is 0 Å². The molecule has 1 heterocycles. The minimum Gasteiger partial charge on any atom is -0.426 e. The van der Waals surface area contributed by atoms with Gasteiger partial charge in [0.25, 0.3) is 0 Å². The van der Waals surface area contributed by atoms with Gasteiger partial charge in [-0.1, -0.05) is 103 Å². The van der Waals surface area contributed by atoms with Gasteiger partial charge in [-0.25, -0.2) is 4.79 Å². The number of cyclic esters (lactones) is 1. The van der Waals surface area contributed by atoms with Crippen LogP contribution in [0.4, 0.5) is 0 Å². The first-order valence-electron chi connectivity index (χ1n) is 17.7. The first-order chi connectivity index (χ1) is 20.9. The molecule has 0 aromatic heterocycles. The molecule has 7 N–H and O–H groups in total. The van der Waals surface area contributed by atoms with Crippen molar-refractivity contribution < 1.29 is 45.3 Å². The number of hydrogen-bond donors (Lipinski definition) is 7. The number of carbonyl (C=O) groups is 1. The summed E-state index contributed by atoms with van der Waals surface area (Å²) in [7, 11) is 0. The number of carbonyl (C=O) groups excluding carboxylic acids is 1. The maximum atomic E-state index is 11.7. The molecule has 0 aromatic rings. The van der Waals surface area contributed by atoms with Gasteiger partial charge in [0, 0.05) is 18.9 Å². The van der Waals surface area contributed by atoms with Crippen LogP contribution in [-0.4, -0.2) is 84.1 Å². The molecule has 1 rings (SSSR count). The number of aliphatic hydroxyl groups excluding tert-OH is 6. The van der Waals surface area contributed by atoms with Crippen LogP contribution in [0.3, 0.4) is 0 Å². The molecule has 0 aromatic carbocycles. The molecular formula is C35H66O9. The number of esters is 1. The normalized spacial score (nSPS) is 21.0. The fraction of sp³-hybridized carbons (Fsp3) is 0.914. The molecule has 7 atom stereocenters. The molecule has 0 amide bonds. The molecule has 0 saturated carbocycles. The zero-order valence-corrected chi connectivity index (χ0v) is 27.8. The Labute approximate surface area is 266 Å². The van der Waals surface area contributed by atoms with Crippen molar-refractivity contribution in [1.29, 1.82) is 0 Å². The van der Waals surface area contributed by atoms with E-state index >= 15 is 0 Å². The van der Waals surface area contributed by atoms with E-state index in [4.69, 9.17) is 4.74 Å². The monoisotopic (exact) mass is 630 g/mol. The lowest BCUT2D eigenvalue weighted by Gasteiger charge is -2.22. The maximum absolute atomic E-state index is 11.7. The molecule has 44 heavy (non-hydrogen) atoms. The van der Waals surface area contributed by atoms with Crippen LogP contribution in [-0.2, 0) is 9.53 Å². The summed E-state index contributed by atoms with van der Waals surface area (Å²) in [4.78, 5) is 11.7. The average molecular weight is 631 g/mol. The summed E-state index contributed by atoms with van der Waals surface area (Å²) in [6.45, 7) is 3.61. The van der Waals surface area contributed by atoms with E-state index in [0.717, 1.165) is 44.9 Å². The van der Waals surface area contributed by atoms with Crippen molar-refractivity contribution in [2.24, 2.45) is 0 Å². The Morgan fingerprint density at radius 1 is 0.568 bits per heavy atom. The van der Waals surface area contributed by atoms with Crippen molar-refractivity contribution in [1.82, 2.24) is 0 Å². The van der Waals surface area contributed by atoms with E-state index in [0.29, 0.717) is 44.1 Å². The summed E-state index contributed by atoms with van der Waals surface area (Å²) in [5, 5.41) is 71.3. The largest absolute Gasteiger partial charge is 0.426 e. The average Bonchev–Trinajstić information content (AvgIpc) is 3.24. The highest BCUT2D eigenvalue weighted by atomic mass is 16.7. The van der Waals surface area contributed by atoms with Crippen LogP contribution in [0.2, 0.25) is 0 Å². The van der Waals surface area contributed by atoms with E-state index < -0.39 is 48.4 Å². The molecule has 9 nitrogen and oxygen atoms in total. The minimum atomic E-state index is -1.60. The Morgan fingerprint density at radius 3 is 1.41 bits per heavy atom. The lowest BCUT2D eigenvalue weighted by molar-refractivity contribution is -0.173. The highest BCUT2D eigenvalue weighted by molar-refractivity contribution is 5.91. The van der Waals surface area contributed by atoms with Gasteiger partial charge in [-0.15, -0.1) is 0 Å². The predicted molar refractivity (Wildman–Crippen MR) is 173 cm³/mol. The summed E-state index contributed by atoms with van der Waals surface area (Å²) in [5.41, 5.74) is 0.293. The zero-order valence-electron chi connectivity index (χ0n) is 27.8. The molecule has 260 valence electrons. The van der Waals surface area contributed by atoms with Gasteiger partial charge < -0.3 is 40.5 Å². The van der Waals surface area contributed by atoms with Crippen molar-refractivity contribution in [2.75, 3.05) is 0 Å². The molecule has 0 unspecified atom stereocenters. The van der Waals surface area contributed by atoms with Crippen LogP contribution in [0.5, 0.6) is 0 Å². The second kappa shape index (κ2) is 24.2. The summed E-state index contributed by atoms with van der Waals surface area (Å²) < 4.78 is 4.79. The van der Waals surface area contributed by atoms with E-state index in [-0.39, 0.29) is 19.3 Å². The Hall–Kier alpha value is -1.07. The molecule has 1 aliphatic heterocycles. The molecule has 0 fully saturated rings. The Morgan fingerprint density at radius 2 is 0.932 bits per heavy atom. The Balaban J connectivity index is 2.01. The standard InChI is InChI=1S/C35H66O9/c1-3-4-5-6-7-8-9-10-11-15-21-30(38)32(40)23-24-33(41)31(39)22-17-16-19-28(36)18-13-12-14-20-29(37)25-27-26-35(2,43)44-34(27)42/h26,28-33,36-41,43H,3-25H2,1-2H3/t28-,29+,30+,31+,32+,33-,35-/m0/s1. The van der Waals surface area contributed by atoms with Crippen molar-refractivity contribution in [3.8, 4) is 0 Å². The van der Waals surface area contributed by atoms with Crippen molar-refractivity contribution >= 4 is 5.97 Å². The van der Waals surface area contributed by atoms with Gasteiger partial charge in [0.05, 0.1) is 36.6 Å². The molecule has 1 aliphatic rings. The predicted octanol–water partition coefficient (Wildman–Crippen LogP) is 5.34. The number of hydrogen-bond acceptors (Lipinski definition) is 9. The summed E-state index contributed by atoms with van der Waals surface area (Å²) in [6, 6.07) is 0. The minimum absolute atomic E-state index is 0.153. The highest BCUT2D eigenvalue weighted by Crippen LogP contribution is 2.26. The molecule has 0 aliphatic carbocycles. The van der Waals surface area contributed by atoms with E-state index in [1.54, 1.807) is 0 Å². The molecule has 0 radical (unpaired) electrons. The SMILES string of the molecule is CCCCCCCCCCCC[C@@H](O)[C@H](O)CC[C@H](O)[C@H](O)CCCC[C@@H](O)CCCCC[C@@H](O)CC1=C[C@@](C)(O)OC1=O. The molecule has 0 saturated heterocycles. The molecule has 0 spiro atoms. The van der Waals surface area contributed by atoms with Crippen LogP contribution in [0, 0.1) is 0 Å². The van der Waals surface area contributed by atoms with Gasteiger partial charge in [0.15, 0.2) is 0 Å². The van der Waals surface area contributed by atoms with Crippen molar-refractivity contribution in [3.63, 3.8) is 0 Å². The second-order valence-electron chi connectivity index (χ2n) is 13.4. The third kappa shape index (κ3) is 20.1. The second-order valence-corrected chi connectivity index (χ2v) is 13.4. The van der Waals surface area contributed by atoms with Gasteiger partial charge in [-0.3, -0.25) is 0 Å². The van der Waals surface area contributed by atoms with Crippen LogP contribution in [0.25, 0.3) is 0 Å². The molecule has 0 bridgehead atoms. The van der Waals surface area contributed by atoms with E-state index in [2.05, 4.69) is 6.92 Å². The van der Waals surface area contributed by atoms with Crippen LogP contribution >= 0.6 is 0 Å². The topological polar surface area (TPSA) is 168 Å². The lowest BCUT2D eigenvalue weighted by atomic mass is 9.96. The molecule has 9 heteroatoms. The quantitative estimate of drug-likeness (QED) is 0.0426. The summed E-state index contributed by atoms with van der Waals surface area (Å²) >= 11 is 0. The van der Waals surface area contributed by atoms with Gasteiger partial charge >= 0.3 is 5.97 Å². The van der Waals surface area contributed by atoms with E-state index in [1.165, 1.54) is 57.9 Å². The Bertz CT molecular complexity index is 756. The van der Waals surface area contributed by atoms with Crippen LogP contribution in [0.1, 0.15) is 162 Å². The number of unbranched alkanes of at least 4 members (excludes halogenated alkanes) is 12. The lowest BCUT2D eigenvalue weighted by Crippen LogP contribution is -2.31. The number of aliphatic hydroxyl groups is 7. The van der Waals surface area contributed by atoms with Crippen LogP contribution in [0.15, 0.2) is 11.6 Å². The number of ether oxygens (including phenoxy) is 1. The van der Waals surface area contributed by atoms with Gasteiger partial charge in [0.2, 0.25) is 5.79 Å². The van der Waals surface area contributed by atoms with Crippen LogP contribution < -0.4 is 0 Å². The number of rotatable bonds is 29. The fourth-order valence-electron chi connectivity index (χ4n) is 5.93. The summed E-state index contributed by atoms with van der Waals surface area (Å²) in [5.74, 6) is -2.19.